The Labute approximate surface area is 118 Å². The number of thioether (sulfide) groups is 1. The van der Waals surface area contributed by atoms with Crippen LogP contribution in [0.1, 0.15) is 25.7 Å². The fourth-order valence-corrected chi connectivity index (χ4v) is 3.56. The molecule has 2 fully saturated rings. The molecule has 0 aromatic heterocycles. The minimum Gasteiger partial charge on any atom is -0.481 e. The molecule has 2 rings (SSSR count). The van der Waals surface area contributed by atoms with Crippen LogP contribution < -0.4 is 0 Å². The molecule has 0 spiro atoms. The minimum atomic E-state index is -0.858. The van der Waals surface area contributed by atoms with E-state index in [1.807, 2.05) is 4.90 Å². The number of hydrogen-bond donors (Lipinski definition) is 1. The van der Waals surface area contributed by atoms with E-state index in [9.17, 15) is 9.59 Å². The number of aliphatic carboxylic acids is 1. The van der Waals surface area contributed by atoms with E-state index in [1.165, 1.54) is 37.4 Å². The Balaban J connectivity index is 1.67. The molecule has 1 saturated heterocycles. The molecule has 0 aromatic carbocycles. The molecule has 108 valence electrons. The molecule has 1 aliphatic heterocycles. The van der Waals surface area contributed by atoms with Crippen molar-refractivity contribution in [2.75, 3.05) is 37.7 Å². The molecule has 1 N–H and O–H groups in total. The van der Waals surface area contributed by atoms with Gasteiger partial charge in [0.25, 0.3) is 0 Å². The number of piperazine rings is 1. The highest BCUT2D eigenvalue weighted by Crippen LogP contribution is 2.24. The first-order valence-corrected chi connectivity index (χ1v) is 8.13. The maximum Gasteiger partial charge on any atom is 0.313 e. The second-order valence-corrected chi connectivity index (χ2v) is 6.23. The summed E-state index contributed by atoms with van der Waals surface area (Å²) in [6.45, 7) is 3.53. The molecule has 0 aromatic rings. The van der Waals surface area contributed by atoms with Crippen LogP contribution >= 0.6 is 11.8 Å². The number of carbonyl (C=O) groups is 2. The van der Waals surface area contributed by atoms with Crippen molar-refractivity contribution in [1.29, 1.82) is 0 Å². The summed E-state index contributed by atoms with van der Waals surface area (Å²) in [4.78, 5) is 26.7. The molecule has 1 saturated carbocycles. The second kappa shape index (κ2) is 7.14. The first-order chi connectivity index (χ1) is 9.16. The van der Waals surface area contributed by atoms with Gasteiger partial charge in [-0.15, -0.1) is 11.8 Å². The van der Waals surface area contributed by atoms with Gasteiger partial charge >= 0.3 is 5.97 Å². The van der Waals surface area contributed by atoms with Crippen molar-refractivity contribution in [2.45, 2.75) is 31.7 Å². The zero-order chi connectivity index (χ0) is 13.7. The fraction of sp³-hybridized carbons (Fsp3) is 0.846. The van der Waals surface area contributed by atoms with Crippen molar-refractivity contribution < 1.29 is 14.7 Å². The van der Waals surface area contributed by atoms with Gasteiger partial charge in [0, 0.05) is 32.2 Å². The first-order valence-electron chi connectivity index (χ1n) is 6.98. The first kappa shape index (κ1) is 14.7. The van der Waals surface area contributed by atoms with Gasteiger partial charge in [0.05, 0.1) is 11.5 Å². The Morgan fingerprint density at radius 1 is 1.05 bits per heavy atom. The summed E-state index contributed by atoms with van der Waals surface area (Å²) < 4.78 is 0. The lowest BCUT2D eigenvalue weighted by Gasteiger charge is -2.38. The standard InChI is InChI=1S/C13H22N2O3S/c16-12(9-19-10-13(17)18)15-7-5-14(6-8-15)11-3-1-2-4-11/h11H,1-10H2,(H,17,18). The third-order valence-electron chi connectivity index (χ3n) is 3.96. The highest BCUT2D eigenvalue weighted by Gasteiger charge is 2.27. The average Bonchev–Trinajstić information content (AvgIpc) is 2.92. The minimum absolute atomic E-state index is 0.00772. The van der Waals surface area contributed by atoms with E-state index in [4.69, 9.17) is 5.11 Å². The van der Waals surface area contributed by atoms with Crippen molar-refractivity contribution in [3.63, 3.8) is 0 Å². The van der Waals surface area contributed by atoms with Crippen LogP contribution in [-0.2, 0) is 9.59 Å². The number of carboxylic acid groups (broad SMARTS) is 1. The Kier molecular flexibility index (Phi) is 5.51. The van der Waals surface area contributed by atoms with Crippen LogP contribution in [0.3, 0.4) is 0 Å². The molecule has 0 unspecified atom stereocenters. The molecule has 19 heavy (non-hydrogen) atoms. The van der Waals surface area contributed by atoms with Gasteiger partial charge < -0.3 is 10.0 Å². The maximum atomic E-state index is 11.9. The van der Waals surface area contributed by atoms with E-state index in [1.54, 1.807) is 0 Å². The fourth-order valence-electron chi connectivity index (χ4n) is 2.92. The Morgan fingerprint density at radius 3 is 2.26 bits per heavy atom. The summed E-state index contributed by atoms with van der Waals surface area (Å²) in [5.41, 5.74) is 0. The second-order valence-electron chi connectivity index (χ2n) is 5.24. The third-order valence-corrected chi connectivity index (χ3v) is 4.86. The van der Waals surface area contributed by atoms with Gasteiger partial charge in [-0.2, -0.15) is 0 Å². The number of amides is 1. The third kappa shape index (κ3) is 4.38. The molecular weight excluding hydrogens is 264 g/mol. The lowest BCUT2D eigenvalue weighted by molar-refractivity contribution is -0.133. The van der Waals surface area contributed by atoms with Gasteiger partial charge in [-0.3, -0.25) is 14.5 Å². The molecule has 6 heteroatoms. The van der Waals surface area contributed by atoms with Crippen molar-refractivity contribution in [1.82, 2.24) is 9.80 Å². The van der Waals surface area contributed by atoms with E-state index in [0.717, 1.165) is 32.2 Å². The lowest BCUT2D eigenvalue weighted by atomic mass is 10.2. The van der Waals surface area contributed by atoms with E-state index in [-0.39, 0.29) is 17.4 Å². The average molecular weight is 286 g/mol. The van der Waals surface area contributed by atoms with Crippen molar-refractivity contribution in [3.05, 3.63) is 0 Å². The van der Waals surface area contributed by atoms with Crippen LogP contribution in [0.5, 0.6) is 0 Å². The molecular formula is C13H22N2O3S. The Bertz CT molecular complexity index is 324. The number of carbonyl (C=O) groups excluding carboxylic acids is 1. The van der Waals surface area contributed by atoms with Gasteiger partial charge in [0.15, 0.2) is 0 Å². The molecule has 0 bridgehead atoms. The number of carboxylic acids is 1. The molecule has 1 heterocycles. The summed E-state index contributed by atoms with van der Waals surface area (Å²) in [6.07, 6.45) is 5.30. The molecule has 5 nitrogen and oxygen atoms in total. The normalized spacial score (nSPS) is 21.8. The Morgan fingerprint density at radius 2 is 1.68 bits per heavy atom. The zero-order valence-electron chi connectivity index (χ0n) is 11.2. The summed E-state index contributed by atoms with van der Waals surface area (Å²) in [7, 11) is 0. The predicted molar refractivity (Wildman–Crippen MR) is 75.4 cm³/mol. The quantitative estimate of drug-likeness (QED) is 0.813. The van der Waals surface area contributed by atoms with Crippen molar-refractivity contribution in [2.24, 2.45) is 0 Å². The molecule has 0 radical (unpaired) electrons. The summed E-state index contributed by atoms with van der Waals surface area (Å²) >= 11 is 1.18. The largest absolute Gasteiger partial charge is 0.481 e. The molecule has 1 aliphatic carbocycles. The SMILES string of the molecule is O=C(O)CSCC(=O)N1CCN(C2CCCC2)CC1. The summed E-state index contributed by atoms with van der Waals surface area (Å²) in [5, 5.41) is 8.54. The molecule has 2 aliphatic rings. The maximum absolute atomic E-state index is 11.9. The van der Waals surface area contributed by atoms with Crippen LogP contribution in [0.2, 0.25) is 0 Å². The summed E-state index contributed by atoms with van der Waals surface area (Å²) in [5.74, 6) is -0.482. The van der Waals surface area contributed by atoms with Crippen molar-refractivity contribution >= 4 is 23.6 Å². The summed E-state index contributed by atoms with van der Waals surface area (Å²) in [6, 6.07) is 0.735. The molecule has 1 amide bonds. The zero-order valence-corrected chi connectivity index (χ0v) is 12.0. The molecule has 0 atom stereocenters. The van der Waals surface area contributed by atoms with E-state index in [0.29, 0.717) is 0 Å². The monoisotopic (exact) mass is 286 g/mol. The van der Waals surface area contributed by atoms with Gasteiger partial charge in [-0.25, -0.2) is 0 Å². The van der Waals surface area contributed by atoms with Crippen LogP contribution in [0.25, 0.3) is 0 Å². The van der Waals surface area contributed by atoms with Gasteiger partial charge in [0.2, 0.25) is 5.91 Å². The predicted octanol–water partition coefficient (Wildman–Crippen LogP) is 0.891. The number of rotatable bonds is 5. The van der Waals surface area contributed by atoms with Gasteiger partial charge in [0.1, 0.15) is 0 Å². The van der Waals surface area contributed by atoms with Crippen LogP contribution in [0.4, 0.5) is 0 Å². The van der Waals surface area contributed by atoms with E-state index < -0.39 is 5.97 Å². The van der Waals surface area contributed by atoms with Gasteiger partial charge in [-0.1, -0.05) is 12.8 Å². The number of hydrogen-bond acceptors (Lipinski definition) is 4. The lowest BCUT2D eigenvalue weighted by Crippen LogP contribution is -2.51. The highest BCUT2D eigenvalue weighted by atomic mass is 32.2. The highest BCUT2D eigenvalue weighted by molar-refractivity contribution is 8.00. The van der Waals surface area contributed by atoms with Crippen molar-refractivity contribution in [3.8, 4) is 0 Å². The number of nitrogens with zero attached hydrogens (tertiary/aromatic N) is 2. The van der Waals surface area contributed by atoms with E-state index in [2.05, 4.69) is 4.90 Å². The topological polar surface area (TPSA) is 60.9 Å². The Hall–Kier alpha value is -0.750. The van der Waals surface area contributed by atoms with E-state index >= 15 is 0 Å². The van der Waals surface area contributed by atoms with Crippen LogP contribution in [0.15, 0.2) is 0 Å². The van der Waals surface area contributed by atoms with Crippen LogP contribution in [-0.4, -0.2) is 70.5 Å². The van der Waals surface area contributed by atoms with Crippen LogP contribution in [0, 0.1) is 0 Å². The smallest absolute Gasteiger partial charge is 0.313 e. The van der Waals surface area contributed by atoms with Gasteiger partial charge in [-0.05, 0) is 12.8 Å².